The van der Waals surface area contributed by atoms with Crippen LogP contribution in [0.25, 0.3) is 0 Å². The van der Waals surface area contributed by atoms with Crippen molar-refractivity contribution in [3.63, 3.8) is 0 Å². The van der Waals surface area contributed by atoms with Crippen LogP contribution < -0.4 is 4.72 Å². The smallest absolute Gasteiger partial charge is 0.264 e. The molecule has 0 aliphatic rings. The highest BCUT2D eigenvalue weighted by Crippen LogP contribution is 2.20. The van der Waals surface area contributed by atoms with Crippen molar-refractivity contribution in [2.45, 2.75) is 11.8 Å². The number of nitrogens with one attached hydrogen (secondary N) is 1. The van der Waals surface area contributed by atoms with Gasteiger partial charge < -0.3 is 9.63 Å². The Labute approximate surface area is 120 Å². The summed E-state index contributed by atoms with van der Waals surface area (Å²) in [6, 6.07) is 4.48. The molecule has 1 aromatic heterocycles. The molecule has 0 unspecified atom stereocenters. The fourth-order valence-electron chi connectivity index (χ4n) is 1.58. The van der Waals surface area contributed by atoms with Crippen LogP contribution in [0, 0.1) is 24.6 Å². The van der Waals surface area contributed by atoms with E-state index in [2.05, 4.69) is 21.7 Å². The highest BCUT2D eigenvalue weighted by atomic mass is 32.2. The number of aromatic nitrogens is 1. The molecule has 0 aliphatic carbocycles. The number of hydrogen-bond donors (Lipinski definition) is 2. The number of sulfonamides is 1. The van der Waals surface area contributed by atoms with Crippen molar-refractivity contribution in [3.8, 4) is 11.8 Å². The summed E-state index contributed by atoms with van der Waals surface area (Å²) in [6.07, 6.45) is 0. The molecule has 0 saturated heterocycles. The standard InChI is InChI=1S/C13H11FN2O4S/c1-9-7-13(15-20-9)16-21(18,19)12-5-4-11(14)8-10(12)3-2-6-17/h4-5,7-8,17H,6H2,1H3,(H,15,16). The minimum atomic E-state index is -4.00. The molecule has 0 radical (unpaired) electrons. The summed E-state index contributed by atoms with van der Waals surface area (Å²) < 4.78 is 44.7. The Kier molecular flexibility index (Phi) is 4.26. The quantitative estimate of drug-likeness (QED) is 0.833. The van der Waals surface area contributed by atoms with E-state index < -0.39 is 22.4 Å². The maximum Gasteiger partial charge on any atom is 0.264 e. The first-order chi connectivity index (χ1) is 9.92. The summed E-state index contributed by atoms with van der Waals surface area (Å²) in [4.78, 5) is -0.217. The number of nitrogens with zero attached hydrogens (tertiary/aromatic N) is 1. The van der Waals surface area contributed by atoms with Crippen LogP contribution in [0.5, 0.6) is 0 Å². The number of halogens is 1. The van der Waals surface area contributed by atoms with Crippen LogP contribution in [0.1, 0.15) is 11.3 Å². The molecular formula is C13H11FN2O4S. The molecule has 1 aromatic carbocycles. The van der Waals surface area contributed by atoms with Gasteiger partial charge in [0.1, 0.15) is 23.1 Å². The zero-order valence-corrected chi connectivity index (χ0v) is 11.7. The molecule has 0 fully saturated rings. The molecule has 0 atom stereocenters. The predicted octanol–water partition coefficient (Wildman–Crippen LogP) is 1.27. The summed E-state index contributed by atoms with van der Waals surface area (Å²) in [5.41, 5.74) is -0.0585. The highest BCUT2D eigenvalue weighted by Gasteiger charge is 2.20. The average molecular weight is 310 g/mol. The minimum absolute atomic E-state index is 0.0119. The molecule has 0 aliphatic heterocycles. The number of aryl methyl sites for hydroxylation is 1. The van der Waals surface area contributed by atoms with Crippen LogP contribution >= 0.6 is 0 Å². The van der Waals surface area contributed by atoms with Crippen molar-refractivity contribution in [3.05, 3.63) is 41.4 Å². The lowest BCUT2D eigenvalue weighted by atomic mass is 10.2. The largest absolute Gasteiger partial charge is 0.384 e. The van der Waals surface area contributed by atoms with E-state index in [4.69, 9.17) is 9.63 Å². The number of aliphatic hydroxyl groups is 1. The molecule has 21 heavy (non-hydrogen) atoms. The summed E-state index contributed by atoms with van der Waals surface area (Å²) >= 11 is 0. The third-order valence-corrected chi connectivity index (χ3v) is 3.81. The fraction of sp³-hybridized carbons (Fsp3) is 0.154. The molecule has 2 rings (SSSR count). The van der Waals surface area contributed by atoms with Crippen LogP contribution in [-0.2, 0) is 10.0 Å². The Morgan fingerprint density at radius 1 is 1.43 bits per heavy atom. The van der Waals surface area contributed by atoms with E-state index in [-0.39, 0.29) is 16.3 Å². The molecule has 8 heteroatoms. The third kappa shape index (κ3) is 3.59. The first kappa shape index (κ1) is 15.0. The van der Waals surface area contributed by atoms with Gasteiger partial charge in [0.15, 0.2) is 5.82 Å². The van der Waals surface area contributed by atoms with Crippen molar-refractivity contribution in [1.82, 2.24) is 5.16 Å². The van der Waals surface area contributed by atoms with Crippen LogP contribution in [0.3, 0.4) is 0 Å². The number of aliphatic hydroxyl groups excluding tert-OH is 1. The number of hydrogen-bond acceptors (Lipinski definition) is 5. The lowest BCUT2D eigenvalue weighted by Crippen LogP contribution is -2.14. The summed E-state index contributed by atoms with van der Waals surface area (Å²) in [7, 11) is -4.00. The van der Waals surface area contributed by atoms with Gasteiger partial charge in [-0.2, -0.15) is 0 Å². The van der Waals surface area contributed by atoms with E-state index >= 15 is 0 Å². The molecule has 0 saturated carbocycles. The van der Waals surface area contributed by atoms with E-state index in [0.717, 1.165) is 18.2 Å². The first-order valence-corrected chi connectivity index (χ1v) is 7.26. The van der Waals surface area contributed by atoms with E-state index in [9.17, 15) is 12.8 Å². The average Bonchev–Trinajstić information content (AvgIpc) is 2.80. The summed E-state index contributed by atoms with van der Waals surface area (Å²) in [6.45, 7) is 1.15. The Morgan fingerprint density at radius 2 is 2.19 bits per heavy atom. The summed E-state index contributed by atoms with van der Waals surface area (Å²) in [5, 5.41) is 12.2. The Morgan fingerprint density at radius 3 is 2.81 bits per heavy atom. The molecule has 2 N–H and O–H groups in total. The van der Waals surface area contributed by atoms with Crippen molar-refractivity contribution in [2.75, 3.05) is 11.3 Å². The van der Waals surface area contributed by atoms with Crippen LogP contribution in [-0.4, -0.2) is 25.3 Å². The molecular weight excluding hydrogens is 299 g/mol. The number of rotatable bonds is 3. The van der Waals surface area contributed by atoms with Crippen molar-refractivity contribution >= 4 is 15.8 Å². The van der Waals surface area contributed by atoms with Gasteiger partial charge in [-0.15, -0.1) is 0 Å². The van der Waals surface area contributed by atoms with Crippen LogP contribution in [0.15, 0.2) is 33.7 Å². The van der Waals surface area contributed by atoms with E-state index in [1.165, 1.54) is 6.07 Å². The zero-order chi connectivity index (χ0) is 15.5. The number of anilines is 1. The van der Waals surface area contributed by atoms with Gasteiger partial charge in [-0.3, -0.25) is 4.72 Å². The van der Waals surface area contributed by atoms with Crippen molar-refractivity contribution < 1.29 is 22.4 Å². The number of benzene rings is 1. The lowest BCUT2D eigenvalue weighted by Gasteiger charge is -2.07. The van der Waals surface area contributed by atoms with Gasteiger partial charge in [0, 0.05) is 11.6 Å². The topological polar surface area (TPSA) is 92.4 Å². The molecule has 0 spiro atoms. The van der Waals surface area contributed by atoms with Gasteiger partial charge in [0.25, 0.3) is 10.0 Å². The highest BCUT2D eigenvalue weighted by molar-refractivity contribution is 7.92. The molecule has 1 heterocycles. The monoisotopic (exact) mass is 310 g/mol. The fourth-order valence-corrected chi connectivity index (χ4v) is 2.70. The van der Waals surface area contributed by atoms with Gasteiger partial charge >= 0.3 is 0 Å². The van der Waals surface area contributed by atoms with E-state index in [1.54, 1.807) is 6.92 Å². The maximum absolute atomic E-state index is 13.2. The molecule has 2 aromatic rings. The zero-order valence-electron chi connectivity index (χ0n) is 10.9. The molecule has 110 valence electrons. The lowest BCUT2D eigenvalue weighted by molar-refractivity contribution is 0.350. The molecule has 0 amide bonds. The van der Waals surface area contributed by atoms with E-state index in [0.29, 0.717) is 5.76 Å². The molecule has 6 nitrogen and oxygen atoms in total. The van der Waals surface area contributed by atoms with Gasteiger partial charge in [-0.25, -0.2) is 12.8 Å². The predicted molar refractivity (Wildman–Crippen MR) is 72.4 cm³/mol. The third-order valence-electron chi connectivity index (χ3n) is 2.40. The Bertz CT molecular complexity index is 818. The molecule has 0 bridgehead atoms. The second-order valence-corrected chi connectivity index (χ2v) is 5.68. The van der Waals surface area contributed by atoms with Gasteiger partial charge in [-0.05, 0) is 25.1 Å². The SMILES string of the molecule is Cc1cc(NS(=O)(=O)c2ccc(F)cc2C#CCO)no1. The Hall–Kier alpha value is -2.37. The second kappa shape index (κ2) is 5.95. The normalized spacial score (nSPS) is 10.8. The van der Waals surface area contributed by atoms with Gasteiger partial charge in [0.05, 0.1) is 0 Å². The van der Waals surface area contributed by atoms with Crippen molar-refractivity contribution in [2.24, 2.45) is 0 Å². The second-order valence-electron chi connectivity index (χ2n) is 4.03. The van der Waals surface area contributed by atoms with Crippen LogP contribution in [0.4, 0.5) is 10.2 Å². The first-order valence-electron chi connectivity index (χ1n) is 5.78. The minimum Gasteiger partial charge on any atom is -0.384 e. The van der Waals surface area contributed by atoms with Crippen molar-refractivity contribution in [1.29, 1.82) is 0 Å². The van der Waals surface area contributed by atoms with Gasteiger partial charge in [0.2, 0.25) is 0 Å². The summed E-state index contributed by atoms with van der Waals surface area (Å²) in [5.74, 6) is 4.50. The van der Waals surface area contributed by atoms with E-state index in [1.807, 2.05) is 0 Å². The Balaban J connectivity index is 2.44. The maximum atomic E-state index is 13.2. The van der Waals surface area contributed by atoms with Gasteiger partial charge in [-0.1, -0.05) is 17.0 Å². The van der Waals surface area contributed by atoms with Crippen LogP contribution in [0.2, 0.25) is 0 Å².